The molecule has 2 rings (SSSR count). The van der Waals surface area contributed by atoms with Gasteiger partial charge in [-0.25, -0.2) is 9.67 Å². The molecule has 0 aliphatic heterocycles. The highest BCUT2D eigenvalue weighted by atomic mass is 35.5. The fourth-order valence-electron chi connectivity index (χ4n) is 1.96. The molecule has 2 heterocycles. The summed E-state index contributed by atoms with van der Waals surface area (Å²) in [5.41, 5.74) is 1.82. The summed E-state index contributed by atoms with van der Waals surface area (Å²) in [4.78, 5) is 4.29. The van der Waals surface area contributed by atoms with E-state index in [0.29, 0.717) is 24.2 Å². The maximum Gasteiger partial charge on any atom is 0.164 e. The molecule has 0 fully saturated rings. The normalized spacial score (nSPS) is 11.5. The van der Waals surface area contributed by atoms with Gasteiger partial charge in [-0.05, 0) is 13.8 Å². The maximum absolute atomic E-state index is 6.29. The van der Waals surface area contributed by atoms with E-state index in [4.69, 9.17) is 11.6 Å². The topological polar surface area (TPSA) is 60.6 Å². The van der Waals surface area contributed by atoms with Gasteiger partial charge in [-0.3, -0.25) is 4.68 Å². The third-order valence-corrected chi connectivity index (χ3v) is 3.51. The van der Waals surface area contributed by atoms with Crippen molar-refractivity contribution >= 4 is 11.6 Å². The summed E-state index contributed by atoms with van der Waals surface area (Å²) in [6.07, 6.45) is 1.73. The van der Waals surface area contributed by atoms with Gasteiger partial charge >= 0.3 is 0 Å². The van der Waals surface area contributed by atoms with Crippen molar-refractivity contribution in [1.29, 1.82) is 0 Å². The predicted molar refractivity (Wildman–Crippen MR) is 78.7 cm³/mol. The Balaban J connectivity index is 2.10. The first kappa shape index (κ1) is 15.0. The van der Waals surface area contributed by atoms with Crippen LogP contribution in [0.25, 0.3) is 0 Å². The zero-order valence-corrected chi connectivity index (χ0v) is 13.1. The zero-order valence-electron chi connectivity index (χ0n) is 12.4. The molecule has 0 saturated carbocycles. The molecule has 0 radical (unpaired) electrons. The van der Waals surface area contributed by atoms with Crippen LogP contribution in [0.15, 0.2) is 6.33 Å². The molecule has 0 saturated heterocycles. The summed E-state index contributed by atoms with van der Waals surface area (Å²) in [6.45, 7) is 10.2. The lowest BCUT2D eigenvalue weighted by molar-refractivity contribution is 0.552. The van der Waals surface area contributed by atoms with Crippen LogP contribution in [0.2, 0.25) is 5.02 Å². The Hall–Kier alpha value is -1.40. The monoisotopic (exact) mass is 296 g/mol. The minimum atomic E-state index is 0.417. The first-order valence-corrected chi connectivity index (χ1v) is 7.22. The Morgan fingerprint density at radius 3 is 2.75 bits per heavy atom. The quantitative estimate of drug-likeness (QED) is 0.886. The molecule has 0 amide bonds. The van der Waals surface area contributed by atoms with Gasteiger partial charge in [-0.1, -0.05) is 25.4 Å². The molecule has 0 aliphatic carbocycles. The van der Waals surface area contributed by atoms with Gasteiger partial charge in [0, 0.05) is 12.6 Å². The van der Waals surface area contributed by atoms with E-state index < -0.39 is 0 Å². The molecule has 0 aromatic carbocycles. The van der Waals surface area contributed by atoms with Crippen LogP contribution in [-0.2, 0) is 19.6 Å². The largest absolute Gasteiger partial charge is 0.308 e. The fraction of sp³-hybridized carbons (Fsp3) is 0.615. The van der Waals surface area contributed by atoms with Gasteiger partial charge in [0.1, 0.15) is 6.33 Å². The number of halogens is 1. The van der Waals surface area contributed by atoms with E-state index in [1.807, 2.05) is 18.5 Å². The van der Waals surface area contributed by atoms with Crippen molar-refractivity contribution in [3.05, 3.63) is 28.6 Å². The van der Waals surface area contributed by atoms with Crippen LogP contribution in [0, 0.1) is 6.92 Å². The van der Waals surface area contributed by atoms with E-state index >= 15 is 0 Å². The van der Waals surface area contributed by atoms with Gasteiger partial charge < -0.3 is 5.32 Å². The highest BCUT2D eigenvalue weighted by Crippen LogP contribution is 2.20. The van der Waals surface area contributed by atoms with Gasteiger partial charge in [0.25, 0.3) is 0 Å². The van der Waals surface area contributed by atoms with Crippen LogP contribution >= 0.6 is 11.6 Å². The number of nitrogens with zero attached hydrogens (tertiary/aromatic N) is 5. The summed E-state index contributed by atoms with van der Waals surface area (Å²) in [5, 5.41) is 12.9. The number of nitrogens with one attached hydrogen (secondary N) is 1. The van der Waals surface area contributed by atoms with Crippen molar-refractivity contribution in [1.82, 2.24) is 29.9 Å². The molecule has 2 aromatic heterocycles. The van der Waals surface area contributed by atoms with E-state index in [2.05, 4.69) is 34.3 Å². The molecular weight excluding hydrogens is 276 g/mol. The van der Waals surface area contributed by atoms with Crippen LogP contribution in [0.4, 0.5) is 0 Å². The van der Waals surface area contributed by atoms with Crippen LogP contribution in [0.3, 0.4) is 0 Å². The molecular formula is C13H21ClN6. The lowest BCUT2D eigenvalue weighted by Gasteiger charge is -2.05. The molecule has 0 aliphatic rings. The Labute approximate surface area is 124 Å². The van der Waals surface area contributed by atoms with Gasteiger partial charge in [0.15, 0.2) is 5.82 Å². The molecule has 0 atom stereocenters. The van der Waals surface area contributed by atoms with E-state index in [-0.39, 0.29) is 0 Å². The number of hydrogen-bond acceptors (Lipinski definition) is 4. The molecule has 110 valence electrons. The molecule has 1 N–H and O–H groups in total. The van der Waals surface area contributed by atoms with Gasteiger partial charge in [-0.15, -0.1) is 0 Å². The lowest BCUT2D eigenvalue weighted by atomic mass is 10.3. The predicted octanol–water partition coefficient (Wildman–Crippen LogP) is 2.00. The number of rotatable bonds is 6. The Morgan fingerprint density at radius 2 is 2.10 bits per heavy atom. The van der Waals surface area contributed by atoms with E-state index in [0.717, 1.165) is 23.8 Å². The standard InChI is InChI=1S/C13H21ClN6/c1-5-20-11(13(14)10(4)17-20)7-19-8-16-12(18-19)6-15-9(2)3/h8-9,15H,5-7H2,1-4H3. The van der Waals surface area contributed by atoms with Gasteiger partial charge in [0.05, 0.1) is 29.5 Å². The first-order valence-electron chi connectivity index (χ1n) is 6.84. The van der Waals surface area contributed by atoms with E-state index in [9.17, 15) is 0 Å². The van der Waals surface area contributed by atoms with Crippen molar-refractivity contribution in [2.45, 2.75) is 53.4 Å². The Bertz CT molecular complexity index is 571. The number of aromatic nitrogens is 5. The van der Waals surface area contributed by atoms with Crippen LogP contribution < -0.4 is 5.32 Å². The third-order valence-electron chi connectivity index (χ3n) is 3.02. The molecule has 0 bridgehead atoms. The van der Waals surface area contributed by atoms with Crippen molar-refractivity contribution < 1.29 is 0 Å². The van der Waals surface area contributed by atoms with Gasteiger partial charge in [0.2, 0.25) is 0 Å². The first-order chi connectivity index (χ1) is 9.51. The second-order valence-corrected chi connectivity index (χ2v) is 5.43. The smallest absolute Gasteiger partial charge is 0.164 e. The summed E-state index contributed by atoms with van der Waals surface area (Å²) < 4.78 is 3.71. The molecule has 0 unspecified atom stereocenters. The molecule has 7 heteroatoms. The summed E-state index contributed by atoms with van der Waals surface area (Å²) in [5.74, 6) is 0.786. The van der Waals surface area contributed by atoms with Crippen LogP contribution in [-0.4, -0.2) is 30.6 Å². The Kier molecular flexibility index (Phi) is 4.77. The Morgan fingerprint density at radius 1 is 1.35 bits per heavy atom. The maximum atomic E-state index is 6.29. The highest BCUT2D eigenvalue weighted by molar-refractivity contribution is 6.31. The SMILES string of the molecule is CCn1nc(C)c(Cl)c1Cn1cnc(CNC(C)C)n1. The second-order valence-electron chi connectivity index (χ2n) is 5.06. The molecule has 2 aromatic rings. The molecule has 20 heavy (non-hydrogen) atoms. The summed E-state index contributed by atoms with van der Waals surface area (Å²) in [6, 6.07) is 0.417. The minimum absolute atomic E-state index is 0.417. The average Bonchev–Trinajstić information content (AvgIpc) is 2.96. The lowest BCUT2D eigenvalue weighted by Crippen LogP contribution is -2.22. The molecule has 6 nitrogen and oxygen atoms in total. The third kappa shape index (κ3) is 3.37. The van der Waals surface area contributed by atoms with Crippen molar-refractivity contribution in [2.75, 3.05) is 0 Å². The van der Waals surface area contributed by atoms with Crippen molar-refractivity contribution in [3.63, 3.8) is 0 Å². The van der Waals surface area contributed by atoms with Crippen LogP contribution in [0.1, 0.15) is 38.0 Å². The summed E-state index contributed by atoms with van der Waals surface area (Å²) >= 11 is 6.29. The molecule has 0 spiro atoms. The average molecular weight is 297 g/mol. The van der Waals surface area contributed by atoms with E-state index in [1.54, 1.807) is 11.0 Å². The fourth-order valence-corrected chi connectivity index (χ4v) is 2.15. The zero-order chi connectivity index (χ0) is 14.7. The second kappa shape index (κ2) is 6.37. The number of hydrogen-bond donors (Lipinski definition) is 1. The highest BCUT2D eigenvalue weighted by Gasteiger charge is 2.13. The number of aryl methyl sites for hydroxylation is 2. The van der Waals surface area contributed by atoms with Crippen molar-refractivity contribution in [2.24, 2.45) is 0 Å². The minimum Gasteiger partial charge on any atom is -0.308 e. The summed E-state index contributed by atoms with van der Waals surface area (Å²) in [7, 11) is 0. The van der Waals surface area contributed by atoms with Gasteiger partial charge in [-0.2, -0.15) is 10.2 Å². The van der Waals surface area contributed by atoms with E-state index in [1.165, 1.54) is 0 Å². The van der Waals surface area contributed by atoms with Crippen LogP contribution in [0.5, 0.6) is 0 Å². The van der Waals surface area contributed by atoms with Crippen molar-refractivity contribution in [3.8, 4) is 0 Å².